The highest BCUT2D eigenvalue weighted by atomic mass is 16.7. The van der Waals surface area contributed by atoms with Crippen molar-refractivity contribution in [2.24, 2.45) is 0 Å². The zero-order valence-corrected chi connectivity index (χ0v) is 10.1. The van der Waals surface area contributed by atoms with Gasteiger partial charge in [-0.3, -0.25) is 0 Å². The van der Waals surface area contributed by atoms with Gasteiger partial charge in [0.05, 0.1) is 0 Å². The van der Waals surface area contributed by atoms with Crippen LogP contribution >= 0.6 is 0 Å². The fourth-order valence-corrected chi connectivity index (χ4v) is 1.64. The molecule has 0 aliphatic carbocycles. The van der Waals surface area contributed by atoms with Crippen LogP contribution in [-0.2, 0) is 15.9 Å². The van der Waals surface area contributed by atoms with Crippen LogP contribution in [0.25, 0.3) is 6.08 Å². The highest BCUT2D eigenvalue weighted by Crippen LogP contribution is 2.14. The minimum atomic E-state index is -0.156. The first-order valence-corrected chi connectivity index (χ1v) is 5.75. The summed E-state index contributed by atoms with van der Waals surface area (Å²) in [6.45, 7) is 9.10. The van der Waals surface area contributed by atoms with E-state index < -0.39 is 0 Å². The van der Waals surface area contributed by atoms with Gasteiger partial charge < -0.3 is 9.47 Å². The molecule has 0 radical (unpaired) electrons. The van der Waals surface area contributed by atoms with E-state index >= 15 is 0 Å². The third-order valence-electron chi connectivity index (χ3n) is 2.37. The Morgan fingerprint density at radius 2 is 1.81 bits per heavy atom. The maximum absolute atomic E-state index is 5.53. The first kappa shape index (κ1) is 12.9. The average Bonchev–Trinajstić information content (AvgIpc) is 2.30. The van der Waals surface area contributed by atoms with E-state index in [9.17, 15) is 0 Å². The Balaban J connectivity index is 2.71. The molecule has 2 nitrogen and oxygen atoms in total. The summed E-state index contributed by atoms with van der Waals surface area (Å²) in [5, 5.41) is 0. The summed E-state index contributed by atoms with van der Waals surface area (Å²) in [4.78, 5) is 0. The van der Waals surface area contributed by atoms with Gasteiger partial charge in [-0.1, -0.05) is 36.9 Å². The van der Waals surface area contributed by atoms with Crippen molar-refractivity contribution >= 4 is 6.08 Å². The van der Waals surface area contributed by atoms with Crippen molar-refractivity contribution in [3.63, 3.8) is 0 Å². The third-order valence-corrected chi connectivity index (χ3v) is 2.37. The van der Waals surface area contributed by atoms with Crippen molar-refractivity contribution in [1.82, 2.24) is 0 Å². The van der Waals surface area contributed by atoms with E-state index in [0.717, 1.165) is 12.0 Å². The van der Waals surface area contributed by atoms with Gasteiger partial charge in [0.1, 0.15) is 0 Å². The van der Waals surface area contributed by atoms with Gasteiger partial charge in [-0.2, -0.15) is 0 Å². The molecule has 0 N–H and O–H groups in total. The van der Waals surface area contributed by atoms with E-state index in [-0.39, 0.29) is 6.29 Å². The molecule has 0 atom stereocenters. The van der Waals surface area contributed by atoms with Gasteiger partial charge in [-0.15, -0.1) is 0 Å². The molecule has 0 aliphatic rings. The van der Waals surface area contributed by atoms with Crippen LogP contribution in [-0.4, -0.2) is 19.5 Å². The van der Waals surface area contributed by atoms with Crippen molar-refractivity contribution in [3.8, 4) is 0 Å². The minimum absolute atomic E-state index is 0.156. The van der Waals surface area contributed by atoms with Crippen LogP contribution < -0.4 is 0 Å². The highest BCUT2D eigenvalue weighted by molar-refractivity contribution is 5.51. The summed E-state index contributed by atoms with van der Waals surface area (Å²) in [7, 11) is 0. The lowest BCUT2D eigenvalue weighted by Gasteiger charge is -2.17. The van der Waals surface area contributed by atoms with Gasteiger partial charge in [0.2, 0.25) is 0 Å². The molecule has 0 spiro atoms. The van der Waals surface area contributed by atoms with Gasteiger partial charge in [0.15, 0.2) is 6.29 Å². The summed E-state index contributed by atoms with van der Waals surface area (Å²) in [5.74, 6) is 0. The number of hydrogen-bond donors (Lipinski definition) is 0. The maximum Gasteiger partial charge on any atom is 0.161 e. The second-order valence-corrected chi connectivity index (χ2v) is 3.45. The van der Waals surface area contributed by atoms with Gasteiger partial charge in [-0.25, -0.2) is 0 Å². The zero-order valence-electron chi connectivity index (χ0n) is 10.1. The smallest absolute Gasteiger partial charge is 0.161 e. The third kappa shape index (κ3) is 3.80. The van der Waals surface area contributed by atoms with Crippen molar-refractivity contribution in [1.29, 1.82) is 0 Å². The summed E-state index contributed by atoms with van der Waals surface area (Å²) in [6.07, 6.45) is 2.48. The highest BCUT2D eigenvalue weighted by Gasteiger charge is 2.10. The summed E-state index contributed by atoms with van der Waals surface area (Å²) < 4.78 is 11.1. The lowest BCUT2D eigenvalue weighted by atomic mass is 10.0. The fourth-order valence-electron chi connectivity index (χ4n) is 1.64. The van der Waals surface area contributed by atoms with Crippen molar-refractivity contribution in [2.75, 3.05) is 13.2 Å². The largest absolute Gasteiger partial charge is 0.353 e. The Hall–Kier alpha value is -1.12. The van der Waals surface area contributed by atoms with Crippen LogP contribution in [0.3, 0.4) is 0 Å². The van der Waals surface area contributed by atoms with Gasteiger partial charge in [-0.05, 0) is 25.0 Å². The molecule has 0 heterocycles. The number of hydrogen-bond acceptors (Lipinski definition) is 2. The van der Waals surface area contributed by atoms with Crippen molar-refractivity contribution < 1.29 is 9.47 Å². The molecule has 1 aromatic rings. The first-order valence-electron chi connectivity index (χ1n) is 5.75. The van der Waals surface area contributed by atoms with Crippen LogP contribution in [0.2, 0.25) is 0 Å². The maximum atomic E-state index is 5.53. The quantitative estimate of drug-likeness (QED) is 0.657. The molecule has 0 aliphatic heterocycles. The predicted molar refractivity (Wildman–Crippen MR) is 67.3 cm³/mol. The van der Waals surface area contributed by atoms with Crippen LogP contribution in [0.5, 0.6) is 0 Å². The Morgan fingerprint density at radius 3 is 2.38 bits per heavy atom. The van der Waals surface area contributed by atoms with Crippen LogP contribution in [0, 0.1) is 0 Å². The lowest BCUT2D eigenvalue weighted by Crippen LogP contribution is -2.20. The van der Waals surface area contributed by atoms with E-state index in [1.807, 2.05) is 32.1 Å². The molecule has 0 saturated heterocycles. The van der Waals surface area contributed by atoms with E-state index in [1.54, 1.807) is 0 Å². The van der Waals surface area contributed by atoms with E-state index in [1.165, 1.54) is 5.56 Å². The summed E-state index contributed by atoms with van der Waals surface area (Å²) >= 11 is 0. The summed E-state index contributed by atoms with van der Waals surface area (Å²) in [5.41, 5.74) is 2.36. The van der Waals surface area contributed by atoms with E-state index in [2.05, 4.69) is 18.7 Å². The molecular weight excluding hydrogens is 200 g/mol. The lowest BCUT2D eigenvalue weighted by molar-refractivity contribution is -0.134. The predicted octanol–water partition coefficient (Wildman–Crippen LogP) is 3.27. The Morgan fingerprint density at radius 1 is 1.19 bits per heavy atom. The second kappa shape index (κ2) is 7.20. The molecule has 2 heteroatoms. The number of ether oxygens (including phenoxy) is 2. The molecule has 0 amide bonds. The molecule has 1 aromatic carbocycles. The van der Waals surface area contributed by atoms with Crippen LogP contribution in [0.1, 0.15) is 25.0 Å². The van der Waals surface area contributed by atoms with E-state index in [0.29, 0.717) is 13.2 Å². The topological polar surface area (TPSA) is 18.5 Å². The molecular formula is C14H20O2. The van der Waals surface area contributed by atoms with Crippen LogP contribution in [0.15, 0.2) is 30.8 Å². The Bertz CT molecular complexity index is 314. The molecule has 0 saturated carbocycles. The number of rotatable bonds is 7. The van der Waals surface area contributed by atoms with E-state index in [4.69, 9.17) is 9.47 Å². The average molecular weight is 220 g/mol. The van der Waals surface area contributed by atoms with Gasteiger partial charge in [0.25, 0.3) is 0 Å². The van der Waals surface area contributed by atoms with Crippen molar-refractivity contribution in [2.45, 2.75) is 26.6 Å². The number of benzene rings is 1. The Labute approximate surface area is 97.9 Å². The van der Waals surface area contributed by atoms with Crippen LogP contribution in [0.4, 0.5) is 0 Å². The van der Waals surface area contributed by atoms with Gasteiger partial charge >= 0.3 is 0 Å². The van der Waals surface area contributed by atoms with Crippen molar-refractivity contribution in [3.05, 3.63) is 42.0 Å². The SMILES string of the molecule is C=Cc1ccccc1CC(OCC)OCC. The molecule has 0 unspecified atom stereocenters. The monoisotopic (exact) mass is 220 g/mol. The normalized spacial score (nSPS) is 10.7. The first-order chi connectivity index (χ1) is 7.81. The molecule has 16 heavy (non-hydrogen) atoms. The van der Waals surface area contributed by atoms with Gasteiger partial charge in [0, 0.05) is 19.6 Å². The zero-order chi connectivity index (χ0) is 11.8. The second-order valence-electron chi connectivity index (χ2n) is 3.45. The molecule has 0 aromatic heterocycles. The molecule has 0 bridgehead atoms. The molecule has 1 rings (SSSR count). The fraction of sp³-hybridized carbons (Fsp3) is 0.429. The summed E-state index contributed by atoms with van der Waals surface area (Å²) in [6, 6.07) is 8.17. The molecule has 88 valence electrons. The standard InChI is InChI=1S/C14H20O2/c1-4-12-9-7-8-10-13(12)11-14(15-5-2)16-6-3/h4,7-10,14H,1,5-6,11H2,2-3H3. The minimum Gasteiger partial charge on any atom is -0.353 e. The Kier molecular flexibility index (Phi) is 5.83. The molecule has 0 fully saturated rings.